The van der Waals surface area contributed by atoms with Crippen molar-refractivity contribution >= 4 is 28.7 Å². The van der Waals surface area contributed by atoms with Crippen molar-refractivity contribution in [2.45, 2.75) is 57.8 Å². The fourth-order valence-electron chi connectivity index (χ4n) is 2.84. The van der Waals surface area contributed by atoms with Crippen LogP contribution in [0.1, 0.15) is 46.1 Å². The van der Waals surface area contributed by atoms with Crippen molar-refractivity contribution in [2.24, 2.45) is 0 Å². The fraction of sp³-hybridized carbons (Fsp3) is 0.588. The highest BCUT2D eigenvalue weighted by atomic mass is 127. The Morgan fingerprint density at radius 1 is 1.36 bits per heavy atom. The SMILES string of the molecule is CC1CC(O)(c2ccc(I)cc2)CCN1C(=O)OC(C)(C)C. The first-order valence-electron chi connectivity index (χ1n) is 7.59. The lowest BCUT2D eigenvalue weighted by Gasteiger charge is -2.43. The van der Waals surface area contributed by atoms with Gasteiger partial charge >= 0.3 is 6.09 Å². The fourth-order valence-corrected chi connectivity index (χ4v) is 3.20. The first-order chi connectivity index (χ1) is 10.1. The molecule has 2 atom stereocenters. The number of nitrogens with zero attached hydrogens (tertiary/aromatic N) is 1. The number of rotatable bonds is 1. The molecule has 1 aliphatic rings. The zero-order chi connectivity index (χ0) is 16.5. The van der Waals surface area contributed by atoms with Crippen LogP contribution < -0.4 is 0 Å². The second kappa shape index (κ2) is 6.35. The smallest absolute Gasteiger partial charge is 0.410 e. The van der Waals surface area contributed by atoms with E-state index in [0.29, 0.717) is 19.4 Å². The average Bonchev–Trinajstić information content (AvgIpc) is 2.36. The number of hydrogen-bond acceptors (Lipinski definition) is 3. The van der Waals surface area contributed by atoms with Crippen LogP contribution in [-0.4, -0.2) is 34.3 Å². The summed E-state index contributed by atoms with van der Waals surface area (Å²) in [6.07, 6.45) is 0.744. The topological polar surface area (TPSA) is 49.8 Å². The number of ether oxygens (including phenoxy) is 1. The Labute approximate surface area is 146 Å². The first kappa shape index (κ1) is 17.5. The highest BCUT2D eigenvalue weighted by Gasteiger charge is 2.40. The number of aliphatic hydroxyl groups is 1. The number of carbonyl (C=O) groups excluding carboxylic acids is 1. The summed E-state index contributed by atoms with van der Waals surface area (Å²) in [4.78, 5) is 14.0. The molecular weight excluding hydrogens is 393 g/mol. The van der Waals surface area contributed by atoms with Crippen LogP contribution in [0.15, 0.2) is 24.3 Å². The Morgan fingerprint density at radius 3 is 2.45 bits per heavy atom. The molecule has 1 heterocycles. The molecule has 0 spiro atoms. The Morgan fingerprint density at radius 2 is 1.95 bits per heavy atom. The maximum absolute atomic E-state index is 12.2. The summed E-state index contributed by atoms with van der Waals surface area (Å²) in [6, 6.07) is 7.88. The van der Waals surface area contributed by atoms with E-state index in [1.807, 2.05) is 52.0 Å². The van der Waals surface area contributed by atoms with Crippen molar-refractivity contribution in [1.82, 2.24) is 4.90 Å². The van der Waals surface area contributed by atoms with Gasteiger partial charge in [-0.3, -0.25) is 0 Å². The lowest BCUT2D eigenvalue weighted by atomic mass is 9.81. The van der Waals surface area contributed by atoms with E-state index in [1.54, 1.807) is 4.90 Å². The molecule has 1 amide bonds. The van der Waals surface area contributed by atoms with E-state index in [4.69, 9.17) is 4.74 Å². The van der Waals surface area contributed by atoms with Crippen LogP contribution in [0.3, 0.4) is 0 Å². The van der Waals surface area contributed by atoms with E-state index in [0.717, 1.165) is 9.13 Å². The molecule has 1 saturated heterocycles. The van der Waals surface area contributed by atoms with E-state index in [2.05, 4.69) is 22.6 Å². The van der Waals surface area contributed by atoms with E-state index in [-0.39, 0.29) is 12.1 Å². The Balaban J connectivity index is 2.09. The van der Waals surface area contributed by atoms with Crippen LogP contribution in [0.2, 0.25) is 0 Å². The summed E-state index contributed by atoms with van der Waals surface area (Å²) in [7, 11) is 0. The van der Waals surface area contributed by atoms with E-state index in [1.165, 1.54) is 0 Å². The highest BCUT2D eigenvalue weighted by Crippen LogP contribution is 2.36. The summed E-state index contributed by atoms with van der Waals surface area (Å²) in [6.45, 7) is 8.05. The molecule has 1 aliphatic heterocycles. The van der Waals surface area contributed by atoms with Gasteiger partial charge in [0.1, 0.15) is 5.60 Å². The summed E-state index contributed by atoms with van der Waals surface area (Å²) in [5.41, 5.74) is -0.452. The quantitative estimate of drug-likeness (QED) is 0.706. The maximum Gasteiger partial charge on any atom is 0.410 e. The third kappa shape index (κ3) is 4.13. The van der Waals surface area contributed by atoms with Crippen LogP contribution in [0.4, 0.5) is 4.79 Å². The van der Waals surface area contributed by atoms with Crippen molar-refractivity contribution < 1.29 is 14.6 Å². The van der Waals surface area contributed by atoms with Crippen LogP contribution in [0, 0.1) is 3.57 Å². The molecule has 5 heteroatoms. The van der Waals surface area contributed by atoms with Gasteiger partial charge in [0.2, 0.25) is 0 Å². The second-order valence-electron chi connectivity index (χ2n) is 7.02. The predicted octanol–water partition coefficient (Wildman–Crippen LogP) is 3.90. The lowest BCUT2D eigenvalue weighted by Crippen LogP contribution is -2.51. The Kier molecular flexibility index (Phi) is 5.06. The molecule has 0 radical (unpaired) electrons. The van der Waals surface area contributed by atoms with Gasteiger partial charge in [-0.05, 0) is 74.4 Å². The van der Waals surface area contributed by atoms with E-state index < -0.39 is 11.2 Å². The van der Waals surface area contributed by atoms with Gasteiger partial charge in [-0.1, -0.05) is 12.1 Å². The van der Waals surface area contributed by atoms with Crippen molar-refractivity contribution in [1.29, 1.82) is 0 Å². The van der Waals surface area contributed by atoms with Gasteiger partial charge in [-0.25, -0.2) is 4.79 Å². The predicted molar refractivity (Wildman–Crippen MR) is 94.7 cm³/mol. The number of benzene rings is 1. The van der Waals surface area contributed by atoms with Gasteiger partial charge in [0.05, 0.1) is 5.60 Å². The average molecular weight is 417 g/mol. The maximum atomic E-state index is 12.2. The zero-order valence-electron chi connectivity index (χ0n) is 13.6. The van der Waals surface area contributed by atoms with Gasteiger partial charge in [-0.15, -0.1) is 0 Å². The molecular formula is C17H24INO3. The molecule has 122 valence electrons. The number of halogens is 1. The highest BCUT2D eigenvalue weighted by molar-refractivity contribution is 14.1. The molecule has 2 unspecified atom stereocenters. The van der Waals surface area contributed by atoms with Crippen molar-refractivity contribution in [3.8, 4) is 0 Å². The third-order valence-corrected chi connectivity index (χ3v) is 4.66. The summed E-state index contributed by atoms with van der Waals surface area (Å²) in [5, 5.41) is 11.0. The molecule has 1 fully saturated rings. The molecule has 1 aromatic rings. The second-order valence-corrected chi connectivity index (χ2v) is 8.26. The first-order valence-corrected chi connectivity index (χ1v) is 8.67. The summed E-state index contributed by atoms with van der Waals surface area (Å²) < 4.78 is 6.58. The largest absolute Gasteiger partial charge is 0.444 e. The molecule has 22 heavy (non-hydrogen) atoms. The van der Waals surface area contributed by atoms with E-state index >= 15 is 0 Å². The van der Waals surface area contributed by atoms with Crippen LogP contribution in [0.25, 0.3) is 0 Å². The third-order valence-electron chi connectivity index (χ3n) is 3.94. The number of carbonyl (C=O) groups is 1. The Hall–Kier alpha value is -0.820. The number of likely N-dealkylation sites (tertiary alicyclic amines) is 1. The Bertz CT molecular complexity index is 538. The minimum atomic E-state index is -0.873. The van der Waals surface area contributed by atoms with Gasteiger partial charge in [0.25, 0.3) is 0 Å². The molecule has 0 saturated carbocycles. The minimum Gasteiger partial charge on any atom is -0.444 e. The number of amides is 1. The standard InChI is InChI=1S/C17H24INO3/c1-12-11-17(21,13-5-7-14(18)8-6-13)9-10-19(12)15(20)22-16(2,3)4/h5-8,12,21H,9-11H2,1-4H3. The number of hydrogen-bond donors (Lipinski definition) is 1. The molecule has 0 aromatic heterocycles. The molecule has 2 rings (SSSR count). The lowest BCUT2D eigenvalue weighted by molar-refractivity contribution is -0.0546. The minimum absolute atomic E-state index is 0.0621. The summed E-state index contributed by atoms with van der Waals surface area (Å²) in [5.74, 6) is 0. The molecule has 1 aromatic carbocycles. The number of piperidine rings is 1. The van der Waals surface area contributed by atoms with Crippen molar-refractivity contribution in [2.75, 3.05) is 6.54 Å². The van der Waals surface area contributed by atoms with Crippen molar-refractivity contribution in [3.05, 3.63) is 33.4 Å². The van der Waals surface area contributed by atoms with Crippen LogP contribution in [-0.2, 0) is 10.3 Å². The van der Waals surface area contributed by atoms with Gasteiger partial charge in [0.15, 0.2) is 0 Å². The van der Waals surface area contributed by atoms with Crippen LogP contribution in [0.5, 0.6) is 0 Å². The van der Waals surface area contributed by atoms with Crippen LogP contribution >= 0.6 is 22.6 Å². The zero-order valence-corrected chi connectivity index (χ0v) is 15.8. The molecule has 4 nitrogen and oxygen atoms in total. The normalized spacial score (nSPS) is 25.9. The summed E-state index contributed by atoms with van der Waals surface area (Å²) >= 11 is 2.25. The van der Waals surface area contributed by atoms with Gasteiger partial charge in [-0.2, -0.15) is 0 Å². The molecule has 0 aliphatic carbocycles. The monoisotopic (exact) mass is 417 g/mol. The molecule has 1 N–H and O–H groups in total. The van der Waals surface area contributed by atoms with Crippen molar-refractivity contribution in [3.63, 3.8) is 0 Å². The van der Waals surface area contributed by atoms with Gasteiger partial charge < -0.3 is 14.7 Å². The molecule has 0 bridgehead atoms. The van der Waals surface area contributed by atoms with E-state index in [9.17, 15) is 9.90 Å². The van der Waals surface area contributed by atoms with Gasteiger partial charge in [0, 0.05) is 22.6 Å².